The first-order chi connectivity index (χ1) is 10.5. The molecule has 1 aromatic carbocycles. The van der Waals surface area contributed by atoms with Crippen molar-refractivity contribution in [2.75, 3.05) is 13.2 Å². The molecule has 0 fully saturated rings. The first-order valence-electron chi connectivity index (χ1n) is 6.65. The largest absolute Gasteiger partial charge is 0.491 e. The van der Waals surface area contributed by atoms with E-state index in [9.17, 15) is 18.7 Å². The molecule has 0 saturated carbocycles. The fourth-order valence-corrected chi connectivity index (χ4v) is 1.87. The van der Waals surface area contributed by atoms with E-state index in [4.69, 9.17) is 9.15 Å². The molecule has 22 heavy (non-hydrogen) atoms. The Hall–Kier alpha value is -2.41. The van der Waals surface area contributed by atoms with E-state index in [1.807, 2.05) is 0 Å². The fourth-order valence-electron chi connectivity index (χ4n) is 1.87. The molecule has 0 aliphatic carbocycles. The summed E-state index contributed by atoms with van der Waals surface area (Å²) in [5.41, 5.74) is -0.752. The highest BCUT2D eigenvalue weighted by molar-refractivity contribution is 5.95. The van der Waals surface area contributed by atoms with Crippen molar-refractivity contribution in [3.63, 3.8) is 0 Å². The van der Waals surface area contributed by atoms with Crippen molar-refractivity contribution >= 4 is 5.91 Å². The Kier molecular flexibility index (Phi) is 5.11. The van der Waals surface area contributed by atoms with Gasteiger partial charge in [0.05, 0.1) is 19.4 Å². The van der Waals surface area contributed by atoms with Crippen LogP contribution in [0, 0.1) is 11.6 Å². The summed E-state index contributed by atoms with van der Waals surface area (Å²) in [6.07, 6.45) is 0.255. The van der Waals surface area contributed by atoms with Crippen molar-refractivity contribution in [2.24, 2.45) is 0 Å². The molecule has 0 bridgehead atoms. The minimum absolute atomic E-state index is 0.181. The number of hydrogen-bond donors (Lipinski definition) is 2. The van der Waals surface area contributed by atoms with Gasteiger partial charge in [0.15, 0.2) is 11.6 Å². The number of carbonyl (C=O) groups is 1. The van der Waals surface area contributed by atoms with Gasteiger partial charge in [-0.25, -0.2) is 8.78 Å². The van der Waals surface area contributed by atoms with Crippen LogP contribution in [0.3, 0.4) is 0 Å². The third kappa shape index (κ3) is 3.43. The van der Waals surface area contributed by atoms with Gasteiger partial charge in [0.1, 0.15) is 23.2 Å². The van der Waals surface area contributed by atoms with Gasteiger partial charge < -0.3 is 19.6 Å². The molecule has 2 aromatic rings. The summed E-state index contributed by atoms with van der Waals surface area (Å²) >= 11 is 0. The number of rotatable bonds is 6. The van der Waals surface area contributed by atoms with Gasteiger partial charge in [-0.1, -0.05) is 0 Å². The maximum absolute atomic E-state index is 14.1. The topological polar surface area (TPSA) is 71.7 Å². The van der Waals surface area contributed by atoms with Crippen LogP contribution in [0.15, 0.2) is 34.9 Å². The maximum atomic E-state index is 14.1. The smallest absolute Gasteiger partial charge is 0.257 e. The van der Waals surface area contributed by atoms with Crippen LogP contribution in [0.4, 0.5) is 8.78 Å². The van der Waals surface area contributed by atoms with Crippen LogP contribution in [0.2, 0.25) is 0 Å². The Balaban J connectivity index is 2.10. The van der Waals surface area contributed by atoms with Crippen LogP contribution in [-0.2, 0) is 0 Å². The molecule has 118 valence electrons. The molecule has 0 spiro atoms. The van der Waals surface area contributed by atoms with Crippen molar-refractivity contribution in [1.82, 2.24) is 5.32 Å². The normalized spacial score (nSPS) is 12.0. The molecular formula is C15H15F2NO4. The van der Waals surface area contributed by atoms with Gasteiger partial charge in [-0.3, -0.25) is 4.79 Å². The van der Waals surface area contributed by atoms with Gasteiger partial charge in [0.25, 0.3) is 5.91 Å². The monoisotopic (exact) mass is 311 g/mol. The lowest BCUT2D eigenvalue weighted by molar-refractivity contribution is 0.0892. The zero-order valence-electron chi connectivity index (χ0n) is 11.8. The van der Waals surface area contributed by atoms with Crippen molar-refractivity contribution < 1.29 is 27.8 Å². The molecule has 1 aromatic heterocycles. The third-order valence-corrected chi connectivity index (χ3v) is 2.91. The summed E-state index contributed by atoms with van der Waals surface area (Å²) in [7, 11) is 0. The lowest BCUT2D eigenvalue weighted by Gasteiger charge is -2.12. The van der Waals surface area contributed by atoms with Crippen LogP contribution in [-0.4, -0.2) is 24.2 Å². The number of furan rings is 1. The van der Waals surface area contributed by atoms with E-state index >= 15 is 0 Å². The summed E-state index contributed by atoms with van der Waals surface area (Å²) in [5, 5.41) is 12.0. The average Bonchev–Trinajstić information content (AvgIpc) is 3.02. The lowest BCUT2D eigenvalue weighted by atomic mass is 10.1. The lowest BCUT2D eigenvalue weighted by Crippen LogP contribution is -2.30. The van der Waals surface area contributed by atoms with Crippen molar-refractivity contribution in [1.29, 1.82) is 0 Å². The molecule has 0 aliphatic rings. The van der Waals surface area contributed by atoms with Gasteiger partial charge >= 0.3 is 0 Å². The van der Waals surface area contributed by atoms with Crippen LogP contribution in [0.1, 0.15) is 29.1 Å². The Labute approximate surface area is 125 Å². The van der Waals surface area contributed by atoms with Crippen molar-refractivity contribution in [3.8, 4) is 5.75 Å². The molecule has 1 amide bonds. The quantitative estimate of drug-likeness (QED) is 0.859. The van der Waals surface area contributed by atoms with Gasteiger partial charge in [-0.15, -0.1) is 0 Å². The van der Waals surface area contributed by atoms with Crippen LogP contribution in [0.5, 0.6) is 5.75 Å². The number of ether oxygens (including phenoxy) is 1. The second-order valence-electron chi connectivity index (χ2n) is 4.41. The predicted octanol–water partition coefficient (Wildman–Crippen LogP) is 2.42. The number of benzene rings is 1. The minimum Gasteiger partial charge on any atom is -0.491 e. The number of aliphatic hydroxyl groups excluding tert-OH is 1. The highest BCUT2D eigenvalue weighted by Crippen LogP contribution is 2.23. The summed E-state index contributed by atoms with van der Waals surface area (Å²) < 4.78 is 37.7. The predicted molar refractivity (Wildman–Crippen MR) is 73.5 cm³/mol. The van der Waals surface area contributed by atoms with E-state index in [-0.39, 0.29) is 24.7 Å². The average molecular weight is 311 g/mol. The summed E-state index contributed by atoms with van der Waals surface area (Å²) in [4.78, 5) is 11.9. The third-order valence-electron chi connectivity index (χ3n) is 2.91. The highest BCUT2D eigenvalue weighted by Gasteiger charge is 2.22. The molecule has 1 unspecified atom stereocenters. The van der Waals surface area contributed by atoms with E-state index in [0.717, 1.165) is 12.1 Å². The first-order valence-corrected chi connectivity index (χ1v) is 6.65. The second kappa shape index (κ2) is 7.04. The number of halogens is 2. The second-order valence-corrected chi connectivity index (χ2v) is 4.41. The van der Waals surface area contributed by atoms with Gasteiger partial charge in [-0.05, 0) is 31.2 Å². The Morgan fingerprint density at radius 3 is 2.82 bits per heavy atom. The van der Waals surface area contributed by atoms with Gasteiger partial charge in [0.2, 0.25) is 0 Å². The number of aliphatic hydroxyl groups is 1. The maximum Gasteiger partial charge on any atom is 0.257 e. The molecule has 1 heterocycles. The Bertz CT molecular complexity index is 643. The van der Waals surface area contributed by atoms with Crippen molar-refractivity contribution in [3.05, 3.63) is 53.5 Å². The van der Waals surface area contributed by atoms with Crippen LogP contribution in [0.25, 0.3) is 0 Å². The summed E-state index contributed by atoms with van der Waals surface area (Å²) in [6, 6.07) is 5.16. The van der Waals surface area contributed by atoms with Crippen LogP contribution >= 0.6 is 0 Å². The Morgan fingerprint density at radius 1 is 1.41 bits per heavy atom. The number of carbonyl (C=O) groups excluding carboxylic acids is 1. The Morgan fingerprint density at radius 2 is 2.18 bits per heavy atom. The van der Waals surface area contributed by atoms with Crippen LogP contribution < -0.4 is 10.1 Å². The summed E-state index contributed by atoms with van der Waals surface area (Å²) in [5.74, 6) is -3.04. The molecule has 7 heteroatoms. The van der Waals surface area contributed by atoms with E-state index in [0.29, 0.717) is 0 Å². The minimum atomic E-state index is -1.11. The standard InChI is InChI=1S/C15H15F2NO4/c1-2-21-12-6-5-9(16)13(14(12)17)15(20)18-8-10(19)11-4-3-7-22-11/h3-7,10,19H,2,8H2,1H3,(H,18,20). The molecule has 0 radical (unpaired) electrons. The molecule has 0 saturated heterocycles. The van der Waals surface area contributed by atoms with Crippen molar-refractivity contribution in [2.45, 2.75) is 13.0 Å². The van der Waals surface area contributed by atoms with Gasteiger partial charge in [-0.2, -0.15) is 0 Å². The van der Waals surface area contributed by atoms with E-state index in [1.54, 1.807) is 13.0 Å². The zero-order chi connectivity index (χ0) is 16.1. The molecule has 1 atom stereocenters. The zero-order valence-corrected chi connectivity index (χ0v) is 11.8. The van der Waals surface area contributed by atoms with Gasteiger partial charge in [0, 0.05) is 0 Å². The number of nitrogens with one attached hydrogen (secondary N) is 1. The van der Waals surface area contributed by atoms with E-state index in [2.05, 4.69) is 5.32 Å². The van der Waals surface area contributed by atoms with E-state index < -0.39 is 29.2 Å². The molecule has 0 aliphatic heterocycles. The molecule has 5 nitrogen and oxygen atoms in total. The molecular weight excluding hydrogens is 296 g/mol. The first kappa shape index (κ1) is 16.0. The highest BCUT2D eigenvalue weighted by atomic mass is 19.1. The fraction of sp³-hybridized carbons (Fsp3) is 0.267. The molecule has 2 rings (SSSR count). The number of hydrogen-bond acceptors (Lipinski definition) is 4. The SMILES string of the molecule is CCOc1ccc(F)c(C(=O)NCC(O)c2ccco2)c1F. The molecule has 2 N–H and O–H groups in total. The van der Waals surface area contributed by atoms with E-state index in [1.165, 1.54) is 12.3 Å². The summed E-state index contributed by atoms with van der Waals surface area (Å²) in [6.45, 7) is 1.58. The number of amides is 1.